The SMILES string of the molecule is C=CC(=O)Nc1cccc(-c2cc(-c3ccc(C(=O)Nc4ccccn4)cc3)cc3cnc(C)nc23)c1. The van der Waals surface area contributed by atoms with Gasteiger partial charge in [-0.15, -0.1) is 0 Å². The third-order valence-corrected chi connectivity index (χ3v) is 5.82. The number of hydrogen-bond donors (Lipinski definition) is 2. The molecule has 180 valence electrons. The maximum absolute atomic E-state index is 12.6. The van der Waals surface area contributed by atoms with Crippen LogP contribution < -0.4 is 10.6 Å². The third kappa shape index (κ3) is 5.26. The van der Waals surface area contributed by atoms with E-state index in [1.54, 1.807) is 30.5 Å². The molecule has 2 heterocycles. The van der Waals surface area contributed by atoms with Crippen LogP contribution in [0, 0.1) is 6.92 Å². The molecule has 7 nitrogen and oxygen atoms in total. The lowest BCUT2D eigenvalue weighted by Gasteiger charge is -2.12. The van der Waals surface area contributed by atoms with Crippen LogP contribution in [0.1, 0.15) is 16.2 Å². The average molecular weight is 486 g/mol. The van der Waals surface area contributed by atoms with Gasteiger partial charge in [0.05, 0.1) is 5.52 Å². The molecule has 2 N–H and O–H groups in total. The first-order chi connectivity index (χ1) is 18.0. The molecule has 2 aromatic heterocycles. The zero-order chi connectivity index (χ0) is 25.8. The van der Waals surface area contributed by atoms with Crippen LogP contribution in [-0.2, 0) is 4.79 Å². The standard InChI is InChI=1S/C30H23N5O2/c1-3-28(36)34-25-8-6-7-22(16-25)26-17-23(15-24-18-32-19(2)33-29(24)26)20-10-12-21(13-11-20)30(37)35-27-9-4-5-14-31-27/h3-18H,1H2,2H3,(H,34,36)(H,31,35,37). The Bertz CT molecular complexity index is 1630. The number of nitrogens with zero attached hydrogens (tertiary/aromatic N) is 3. The number of aryl methyl sites for hydroxylation is 1. The fourth-order valence-electron chi connectivity index (χ4n) is 4.02. The van der Waals surface area contributed by atoms with Gasteiger partial charge in [0.15, 0.2) is 0 Å². The number of amides is 2. The van der Waals surface area contributed by atoms with Crippen LogP contribution in [0.3, 0.4) is 0 Å². The largest absolute Gasteiger partial charge is 0.323 e. The quantitative estimate of drug-likeness (QED) is 0.286. The van der Waals surface area contributed by atoms with E-state index in [2.05, 4.69) is 33.2 Å². The van der Waals surface area contributed by atoms with Crippen LogP contribution in [0.15, 0.2) is 104 Å². The van der Waals surface area contributed by atoms with Gasteiger partial charge in [-0.25, -0.2) is 15.0 Å². The highest BCUT2D eigenvalue weighted by molar-refractivity contribution is 6.04. The molecule has 2 amide bonds. The molecular weight excluding hydrogens is 462 g/mol. The highest BCUT2D eigenvalue weighted by atomic mass is 16.2. The summed E-state index contributed by atoms with van der Waals surface area (Å²) < 4.78 is 0. The molecule has 0 spiro atoms. The fraction of sp³-hybridized carbons (Fsp3) is 0.0333. The van der Waals surface area contributed by atoms with Gasteiger partial charge in [-0.2, -0.15) is 0 Å². The lowest BCUT2D eigenvalue weighted by atomic mass is 9.95. The maximum Gasteiger partial charge on any atom is 0.256 e. The van der Waals surface area contributed by atoms with E-state index < -0.39 is 0 Å². The summed E-state index contributed by atoms with van der Waals surface area (Å²) in [5.41, 5.74) is 5.70. The topological polar surface area (TPSA) is 96.9 Å². The van der Waals surface area contributed by atoms with Crippen molar-refractivity contribution >= 4 is 34.2 Å². The van der Waals surface area contributed by atoms with Crippen molar-refractivity contribution in [2.75, 3.05) is 10.6 Å². The van der Waals surface area contributed by atoms with E-state index in [9.17, 15) is 9.59 Å². The smallest absolute Gasteiger partial charge is 0.256 e. The summed E-state index contributed by atoms with van der Waals surface area (Å²) in [7, 11) is 0. The Labute approximate surface area is 214 Å². The van der Waals surface area contributed by atoms with E-state index in [4.69, 9.17) is 4.98 Å². The molecule has 5 aromatic rings. The summed E-state index contributed by atoms with van der Waals surface area (Å²) in [5.74, 6) is 0.659. The minimum atomic E-state index is -0.277. The second-order valence-corrected chi connectivity index (χ2v) is 8.40. The summed E-state index contributed by atoms with van der Waals surface area (Å²) in [6, 6.07) is 24.4. The lowest BCUT2D eigenvalue weighted by Crippen LogP contribution is -2.12. The normalized spacial score (nSPS) is 10.6. The van der Waals surface area contributed by atoms with Crippen molar-refractivity contribution in [1.29, 1.82) is 0 Å². The molecule has 5 rings (SSSR count). The maximum atomic E-state index is 12.6. The molecule has 0 saturated heterocycles. The molecule has 0 unspecified atom stereocenters. The molecular formula is C30H23N5O2. The first kappa shape index (κ1) is 23.6. The second-order valence-electron chi connectivity index (χ2n) is 8.40. The van der Waals surface area contributed by atoms with Crippen LogP contribution >= 0.6 is 0 Å². The minimum absolute atomic E-state index is 0.230. The molecule has 0 saturated carbocycles. The summed E-state index contributed by atoms with van der Waals surface area (Å²) in [5, 5.41) is 6.49. The molecule has 7 heteroatoms. The Morgan fingerprint density at radius 2 is 1.68 bits per heavy atom. The first-order valence-electron chi connectivity index (χ1n) is 11.6. The van der Waals surface area contributed by atoms with E-state index in [-0.39, 0.29) is 11.8 Å². The molecule has 0 radical (unpaired) electrons. The highest BCUT2D eigenvalue weighted by Gasteiger charge is 2.13. The van der Waals surface area contributed by atoms with Crippen molar-refractivity contribution in [2.24, 2.45) is 0 Å². The number of anilines is 2. The Kier molecular flexibility index (Phi) is 6.50. The minimum Gasteiger partial charge on any atom is -0.323 e. The van der Waals surface area contributed by atoms with Crippen LogP contribution in [-0.4, -0.2) is 26.8 Å². The molecule has 0 aliphatic rings. The van der Waals surface area contributed by atoms with Gasteiger partial charge in [0.2, 0.25) is 5.91 Å². The van der Waals surface area contributed by atoms with Crippen LogP contribution in [0.5, 0.6) is 0 Å². The van der Waals surface area contributed by atoms with E-state index in [0.717, 1.165) is 33.2 Å². The van der Waals surface area contributed by atoms with E-state index in [0.29, 0.717) is 22.9 Å². The molecule has 0 aliphatic carbocycles. The summed E-state index contributed by atoms with van der Waals surface area (Å²) in [6.07, 6.45) is 4.67. The van der Waals surface area contributed by atoms with Crippen LogP contribution in [0.25, 0.3) is 33.2 Å². The van der Waals surface area contributed by atoms with Gasteiger partial charge in [-0.1, -0.05) is 36.9 Å². The van der Waals surface area contributed by atoms with Crippen LogP contribution in [0.4, 0.5) is 11.5 Å². The van der Waals surface area contributed by atoms with Gasteiger partial charge < -0.3 is 10.6 Å². The van der Waals surface area contributed by atoms with E-state index in [1.807, 2.05) is 61.7 Å². The number of aromatic nitrogens is 3. The molecule has 0 fully saturated rings. The van der Waals surface area contributed by atoms with Gasteiger partial charge in [0.25, 0.3) is 5.91 Å². The Hall–Kier alpha value is -5.17. The number of carbonyl (C=O) groups excluding carboxylic acids is 2. The number of pyridine rings is 1. The van der Waals surface area contributed by atoms with Crippen molar-refractivity contribution in [1.82, 2.24) is 15.0 Å². The van der Waals surface area contributed by atoms with E-state index in [1.165, 1.54) is 6.08 Å². The fourth-order valence-corrected chi connectivity index (χ4v) is 4.02. The van der Waals surface area contributed by atoms with Crippen molar-refractivity contribution in [3.63, 3.8) is 0 Å². The first-order valence-corrected chi connectivity index (χ1v) is 11.6. The number of benzene rings is 3. The van der Waals surface area contributed by atoms with Gasteiger partial charge in [-0.05, 0) is 78.2 Å². The molecule has 0 bridgehead atoms. The zero-order valence-corrected chi connectivity index (χ0v) is 20.1. The number of hydrogen-bond acceptors (Lipinski definition) is 5. The van der Waals surface area contributed by atoms with Crippen molar-refractivity contribution in [3.05, 3.63) is 115 Å². The molecule has 37 heavy (non-hydrogen) atoms. The van der Waals surface area contributed by atoms with E-state index >= 15 is 0 Å². The summed E-state index contributed by atoms with van der Waals surface area (Å²) in [6.45, 7) is 5.37. The molecule has 3 aromatic carbocycles. The average Bonchev–Trinajstić information content (AvgIpc) is 2.93. The molecule has 0 aliphatic heterocycles. The number of carbonyl (C=O) groups is 2. The van der Waals surface area contributed by atoms with Gasteiger partial charge in [0.1, 0.15) is 11.6 Å². The Morgan fingerprint density at radius 1 is 0.838 bits per heavy atom. The number of rotatable bonds is 6. The highest BCUT2D eigenvalue weighted by Crippen LogP contribution is 2.34. The van der Waals surface area contributed by atoms with Crippen molar-refractivity contribution in [3.8, 4) is 22.3 Å². The van der Waals surface area contributed by atoms with Gasteiger partial charge in [-0.3, -0.25) is 9.59 Å². The lowest BCUT2D eigenvalue weighted by molar-refractivity contribution is -0.111. The Morgan fingerprint density at radius 3 is 2.43 bits per heavy atom. The molecule has 0 atom stereocenters. The summed E-state index contributed by atoms with van der Waals surface area (Å²) in [4.78, 5) is 37.7. The number of nitrogens with one attached hydrogen (secondary N) is 2. The predicted molar refractivity (Wildman–Crippen MR) is 146 cm³/mol. The Balaban J connectivity index is 1.52. The monoisotopic (exact) mass is 485 g/mol. The van der Waals surface area contributed by atoms with Crippen LogP contribution in [0.2, 0.25) is 0 Å². The summed E-state index contributed by atoms with van der Waals surface area (Å²) >= 11 is 0. The van der Waals surface area contributed by atoms with Gasteiger partial charge >= 0.3 is 0 Å². The van der Waals surface area contributed by atoms with Crippen molar-refractivity contribution in [2.45, 2.75) is 6.92 Å². The number of fused-ring (bicyclic) bond motifs is 1. The third-order valence-electron chi connectivity index (χ3n) is 5.82. The van der Waals surface area contributed by atoms with Gasteiger partial charge in [0, 0.05) is 34.6 Å². The second kappa shape index (κ2) is 10.2. The van der Waals surface area contributed by atoms with Crippen molar-refractivity contribution < 1.29 is 9.59 Å². The predicted octanol–water partition coefficient (Wildman–Crippen LogP) is 6.04. The zero-order valence-electron chi connectivity index (χ0n) is 20.1.